The molecule has 0 radical (unpaired) electrons. The molecule has 0 bridgehead atoms. The van der Waals surface area contributed by atoms with E-state index in [9.17, 15) is 9.90 Å². The third kappa shape index (κ3) is 9.02. The largest absolute Gasteiger partial charge is 0.465 e. The lowest BCUT2D eigenvalue weighted by molar-refractivity contribution is -0.144. The van der Waals surface area contributed by atoms with Crippen molar-refractivity contribution in [3.8, 4) is 11.1 Å². The Labute approximate surface area is 235 Å². The maximum absolute atomic E-state index is 11.9. The van der Waals surface area contributed by atoms with Crippen molar-refractivity contribution in [2.75, 3.05) is 19.7 Å². The predicted molar refractivity (Wildman–Crippen MR) is 157 cm³/mol. The first kappa shape index (κ1) is 29.5. The van der Waals surface area contributed by atoms with Crippen molar-refractivity contribution in [1.29, 1.82) is 0 Å². The fourth-order valence-corrected chi connectivity index (χ4v) is 6.02. The number of carbonyl (C=O) groups is 1. The highest BCUT2D eigenvalue weighted by Crippen LogP contribution is 2.38. The summed E-state index contributed by atoms with van der Waals surface area (Å²) >= 11 is 0. The normalized spacial score (nSPS) is 24.0. The molecule has 5 heteroatoms. The van der Waals surface area contributed by atoms with Crippen LogP contribution in [0.3, 0.4) is 0 Å². The molecule has 0 spiro atoms. The molecule has 1 saturated heterocycles. The summed E-state index contributed by atoms with van der Waals surface area (Å²) < 4.78 is 11.8. The number of nitrogens with zero attached hydrogens (tertiary/aromatic N) is 1. The summed E-state index contributed by atoms with van der Waals surface area (Å²) in [5, 5.41) is 11.1. The Hall–Kier alpha value is -2.47. The molecule has 1 unspecified atom stereocenters. The van der Waals surface area contributed by atoms with Crippen LogP contribution in [-0.2, 0) is 20.9 Å². The summed E-state index contributed by atoms with van der Waals surface area (Å²) in [4.78, 5) is 14.4. The van der Waals surface area contributed by atoms with Gasteiger partial charge in [0.25, 0.3) is 0 Å². The average Bonchev–Trinajstić information content (AvgIpc) is 3.28. The first-order valence-electron chi connectivity index (χ1n) is 15.0. The fraction of sp³-hybridized carbons (Fsp3) is 0.559. The zero-order valence-corrected chi connectivity index (χ0v) is 23.8. The summed E-state index contributed by atoms with van der Waals surface area (Å²) in [6, 6.07) is 19.2. The lowest BCUT2D eigenvalue weighted by Gasteiger charge is -2.38. The monoisotopic (exact) mass is 533 g/mol. The van der Waals surface area contributed by atoms with E-state index >= 15 is 0 Å². The minimum atomic E-state index is -0.349. The fourth-order valence-electron chi connectivity index (χ4n) is 6.02. The summed E-state index contributed by atoms with van der Waals surface area (Å²) in [6.07, 6.45) is 11.4. The van der Waals surface area contributed by atoms with E-state index in [2.05, 4.69) is 65.6 Å². The van der Waals surface area contributed by atoms with Crippen molar-refractivity contribution in [3.63, 3.8) is 0 Å². The number of piperidine rings is 1. The molecular formula is C34H47NO4. The number of hydrogen-bond acceptors (Lipinski definition) is 5. The third-order valence-electron chi connectivity index (χ3n) is 8.05. The maximum Gasteiger partial charge on any atom is 0.306 e. The Morgan fingerprint density at radius 1 is 0.974 bits per heavy atom. The number of ether oxygens (including phenoxy) is 2. The summed E-state index contributed by atoms with van der Waals surface area (Å²) in [5.41, 5.74) is 3.58. The summed E-state index contributed by atoms with van der Waals surface area (Å²) in [5.74, 6) is 0.535. The topological polar surface area (TPSA) is 59.0 Å². The van der Waals surface area contributed by atoms with Crippen molar-refractivity contribution < 1.29 is 19.4 Å². The molecule has 2 aromatic rings. The number of aliphatic hydroxyl groups excluding tert-OH is 1. The molecule has 5 nitrogen and oxygen atoms in total. The van der Waals surface area contributed by atoms with Gasteiger partial charge >= 0.3 is 5.97 Å². The minimum absolute atomic E-state index is 0.0418. The number of aliphatic hydroxyl groups is 1. The van der Waals surface area contributed by atoms with Crippen molar-refractivity contribution >= 4 is 5.97 Å². The Bertz CT molecular complexity index is 1010. The minimum Gasteiger partial charge on any atom is -0.465 e. The molecule has 2 aliphatic rings. The van der Waals surface area contributed by atoms with Crippen molar-refractivity contribution in [1.82, 2.24) is 4.90 Å². The standard InChI is InChI=1S/C34H47NO4/c1-26(2)24-39-33(37)16-10-4-3-9-15-30-32(23-31(36)34(30)35-21-11-6-12-22-35)38-25-27-17-19-29(20-18-27)28-13-7-5-8-14-28/h3-5,7-8,13-14,17-20,26,30-32,34,36H,6,9-12,15-16,21-25H2,1-2H3/b4-3-/t30?,31-,32+,34-/m1/s1. The van der Waals surface area contributed by atoms with Gasteiger partial charge in [-0.2, -0.15) is 0 Å². The van der Waals surface area contributed by atoms with Crippen LogP contribution in [0.25, 0.3) is 11.1 Å². The lowest BCUT2D eigenvalue weighted by Crippen LogP contribution is -2.47. The number of carbonyl (C=O) groups excluding carboxylic acids is 1. The molecule has 1 saturated carbocycles. The number of hydrogen-bond donors (Lipinski definition) is 1. The highest BCUT2D eigenvalue weighted by Gasteiger charge is 2.45. The number of allylic oxidation sites excluding steroid dienone is 2. The second-order valence-electron chi connectivity index (χ2n) is 11.6. The number of esters is 1. The number of rotatable bonds is 13. The average molecular weight is 534 g/mol. The Morgan fingerprint density at radius 2 is 1.67 bits per heavy atom. The molecule has 2 aromatic carbocycles. The van der Waals surface area contributed by atoms with Crippen molar-refractivity contribution in [2.24, 2.45) is 11.8 Å². The Balaban J connectivity index is 1.32. The molecule has 2 fully saturated rings. The smallest absolute Gasteiger partial charge is 0.306 e. The van der Waals surface area contributed by atoms with Crippen LogP contribution in [0.15, 0.2) is 66.7 Å². The van der Waals surface area contributed by atoms with Gasteiger partial charge in [-0.25, -0.2) is 0 Å². The van der Waals surface area contributed by atoms with E-state index in [1.807, 2.05) is 19.9 Å². The van der Waals surface area contributed by atoms with E-state index in [1.165, 1.54) is 30.4 Å². The van der Waals surface area contributed by atoms with Gasteiger partial charge in [0.15, 0.2) is 0 Å². The van der Waals surface area contributed by atoms with Crippen LogP contribution < -0.4 is 0 Å². The molecular weight excluding hydrogens is 486 g/mol. The SMILES string of the molecule is CC(C)COC(=O)CC/C=C\CCC1[C@@H](OCc2ccc(-c3ccccc3)cc2)C[C@@H](O)[C@@H]1N1CCCCC1. The highest BCUT2D eigenvalue weighted by molar-refractivity contribution is 5.69. The van der Waals surface area contributed by atoms with Crippen LogP contribution in [0.1, 0.15) is 70.8 Å². The van der Waals surface area contributed by atoms with E-state index < -0.39 is 0 Å². The van der Waals surface area contributed by atoms with E-state index in [1.54, 1.807) is 0 Å². The first-order chi connectivity index (χ1) is 19.0. The van der Waals surface area contributed by atoms with Gasteiger partial charge in [-0.05, 0) is 67.8 Å². The zero-order chi connectivity index (χ0) is 27.5. The van der Waals surface area contributed by atoms with Crippen molar-refractivity contribution in [3.05, 3.63) is 72.3 Å². The van der Waals surface area contributed by atoms with Gasteiger partial charge in [0, 0.05) is 24.8 Å². The van der Waals surface area contributed by atoms with E-state index in [0.29, 0.717) is 44.3 Å². The quantitative estimate of drug-likeness (QED) is 0.227. The van der Waals surface area contributed by atoms with Gasteiger partial charge in [0.05, 0.1) is 25.4 Å². The van der Waals surface area contributed by atoms with Crippen LogP contribution in [-0.4, -0.2) is 53.9 Å². The second-order valence-corrected chi connectivity index (χ2v) is 11.6. The maximum atomic E-state index is 11.9. The molecule has 1 N–H and O–H groups in total. The highest BCUT2D eigenvalue weighted by atomic mass is 16.5. The van der Waals surface area contributed by atoms with Gasteiger partial charge < -0.3 is 14.6 Å². The second kappa shape index (κ2) is 15.4. The molecule has 212 valence electrons. The van der Waals surface area contributed by atoms with Gasteiger partial charge in [0.1, 0.15) is 0 Å². The van der Waals surface area contributed by atoms with Gasteiger partial charge in [-0.1, -0.05) is 87.0 Å². The molecule has 1 aliphatic heterocycles. The molecule has 4 rings (SSSR count). The van der Waals surface area contributed by atoms with E-state index in [4.69, 9.17) is 9.47 Å². The third-order valence-corrected chi connectivity index (χ3v) is 8.05. The van der Waals surface area contributed by atoms with Crippen molar-refractivity contribution in [2.45, 2.75) is 90.1 Å². The molecule has 1 heterocycles. The first-order valence-corrected chi connectivity index (χ1v) is 15.0. The van der Waals surface area contributed by atoms with Gasteiger partial charge in [0.2, 0.25) is 0 Å². The molecule has 39 heavy (non-hydrogen) atoms. The molecule has 1 aliphatic carbocycles. The van der Waals surface area contributed by atoms with Crippen LogP contribution in [0.5, 0.6) is 0 Å². The number of likely N-dealkylation sites (tertiary alicyclic amines) is 1. The van der Waals surface area contributed by atoms with E-state index in [0.717, 1.165) is 31.5 Å². The van der Waals surface area contributed by atoms with Crippen LogP contribution in [0, 0.1) is 11.8 Å². The summed E-state index contributed by atoms with van der Waals surface area (Å²) in [7, 11) is 0. The van der Waals surface area contributed by atoms with Gasteiger partial charge in [-0.3, -0.25) is 9.69 Å². The van der Waals surface area contributed by atoms with Crippen LogP contribution >= 0.6 is 0 Å². The molecule has 0 aromatic heterocycles. The zero-order valence-electron chi connectivity index (χ0n) is 23.8. The van der Waals surface area contributed by atoms with Crippen LogP contribution in [0.4, 0.5) is 0 Å². The molecule has 0 amide bonds. The number of benzene rings is 2. The Kier molecular flexibility index (Phi) is 11.6. The van der Waals surface area contributed by atoms with E-state index in [-0.39, 0.29) is 24.2 Å². The summed E-state index contributed by atoms with van der Waals surface area (Å²) in [6.45, 7) is 7.28. The predicted octanol–water partition coefficient (Wildman–Crippen LogP) is 6.79. The van der Waals surface area contributed by atoms with Crippen LogP contribution in [0.2, 0.25) is 0 Å². The Morgan fingerprint density at radius 3 is 2.38 bits per heavy atom. The van der Waals surface area contributed by atoms with Gasteiger partial charge in [-0.15, -0.1) is 0 Å². The molecule has 4 atom stereocenters. The lowest BCUT2D eigenvalue weighted by atomic mass is 9.92.